The van der Waals surface area contributed by atoms with Gasteiger partial charge in [0.2, 0.25) is 0 Å². The number of hydrogen-bond donors (Lipinski definition) is 2. The molecule has 2 aromatic heterocycles. The molecule has 0 unspecified atom stereocenters. The van der Waals surface area contributed by atoms with Crippen LogP contribution in [-0.4, -0.2) is 16.7 Å². The zero-order chi connectivity index (χ0) is 14.1. The lowest BCUT2D eigenvalue weighted by Crippen LogP contribution is -1.91. The summed E-state index contributed by atoms with van der Waals surface area (Å²) in [5.74, 6) is 0. The predicted molar refractivity (Wildman–Crippen MR) is 86.8 cm³/mol. The van der Waals surface area contributed by atoms with E-state index in [1.165, 1.54) is 11.1 Å². The van der Waals surface area contributed by atoms with Crippen molar-refractivity contribution in [2.75, 3.05) is 12.4 Å². The summed E-state index contributed by atoms with van der Waals surface area (Å²) in [4.78, 5) is 0.971. The number of benzene rings is 1. The summed E-state index contributed by atoms with van der Waals surface area (Å²) in [5, 5.41) is 7.49. The van der Waals surface area contributed by atoms with Gasteiger partial charge in [-0.25, -0.2) is 4.52 Å². The molecule has 3 rings (SSSR count). The SMILES string of the molecule is CCc1cnn2ccc(-c3ccc(NC)cc3S)cc12. The number of nitrogens with zero attached hydrogens (tertiary/aromatic N) is 2. The van der Waals surface area contributed by atoms with Crippen LogP contribution in [0.5, 0.6) is 0 Å². The topological polar surface area (TPSA) is 29.3 Å². The van der Waals surface area contributed by atoms with Gasteiger partial charge < -0.3 is 5.32 Å². The summed E-state index contributed by atoms with van der Waals surface area (Å²) in [5.41, 5.74) is 5.80. The number of nitrogens with one attached hydrogen (secondary N) is 1. The largest absolute Gasteiger partial charge is 0.388 e. The van der Waals surface area contributed by atoms with Gasteiger partial charge in [-0.05, 0) is 47.4 Å². The Morgan fingerprint density at radius 2 is 2.10 bits per heavy atom. The van der Waals surface area contributed by atoms with Gasteiger partial charge in [-0.2, -0.15) is 5.10 Å². The third-order valence-corrected chi connectivity index (χ3v) is 3.95. The molecule has 0 radical (unpaired) electrons. The van der Waals surface area contributed by atoms with Gasteiger partial charge in [0.25, 0.3) is 0 Å². The number of fused-ring (bicyclic) bond motifs is 1. The highest BCUT2D eigenvalue weighted by Crippen LogP contribution is 2.30. The fourth-order valence-corrected chi connectivity index (χ4v) is 2.75. The molecule has 0 aliphatic carbocycles. The van der Waals surface area contributed by atoms with Gasteiger partial charge in [0.1, 0.15) is 0 Å². The lowest BCUT2D eigenvalue weighted by Gasteiger charge is -2.09. The highest BCUT2D eigenvalue weighted by molar-refractivity contribution is 7.80. The first kappa shape index (κ1) is 13.1. The second-order valence-corrected chi connectivity index (χ2v) is 5.23. The highest BCUT2D eigenvalue weighted by Gasteiger charge is 2.07. The molecule has 2 heterocycles. The van der Waals surface area contributed by atoms with Crippen LogP contribution < -0.4 is 5.32 Å². The molecule has 0 aliphatic rings. The lowest BCUT2D eigenvalue weighted by atomic mass is 10.0. The van der Waals surface area contributed by atoms with Gasteiger partial charge in [-0.15, -0.1) is 12.6 Å². The smallest absolute Gasteiger partial charge is 0.0699 e. The van der Waals surface area contributed by atoms with E-state index in [2.05, 4.69) is 54.2 Å². The summed E-state index contributed by atoms with van der Waals surface area (Å²) < 4.78 is 1.92. The molecular formula is C16H17N3S. The van der Waals surface area contributed by atoms with Gasteiger partial charge >= 0.3 is 0 Å². The highest BCUT2D eigenvalue weighted by atomic mass is 32.1. The summed E-state index contributed by atoms with van der Waals surface area (Å²) >= 11 is 4.60. The van der Waals surface area contributed by atoms with E-state index >= 15 is 0 Å². The third-order valence-electron chi connectivity index (χ3n) is 3.58. The second-order valence-electron chi connectivity index (χ2n) is 4.75. The molecule has 0 atom stereocenters. The summed E-state index contributed by atoms with van der Waals surface area (Å²) in [6.45, 7) is 2.15. The predicted octanol–water partition coefficient (Wildman–Crippen LogP) is 3.89. The van der Waals surface area contributed by atoms with E-state index < -0.39 is 0 Å². The first-order valence-electron chi connectivity index (χ1n) is 6.70. The van der Waals surface area contributed by atoms with Gasteiger partial charge in [0.05, 0.1) is 11.7 Å². The maximum atomic E-state index is 4.60. The average molecular weight is 283 g/mol. The number of aryl methyl sites for hydroxylation is 1. The zero-order valence-electron chi connectivity index (χ0n) is 11.6. The van der Waals surface area contributed by atoms with Crippen molar-refractivity contribution in [3.8, 4) is 11.1 Å². The van der Waals surface area contributed by atoms with Crippen molar-refractivity contribution in [2.45, 2.75) is 18.2 Å². The maximum absolute atomic E-state index is 4.60. The Bertz CT molecular complexity index is 762. The van der Waals surface area contributed by atoms with Crippen molar-refractivity contribution in [1.29, 1.82) is 0 Å². The Hall–Kier alpha value is -1.94. The lowest BCUT2D eigenvalue weighted by molar-refractivity contribution is 0.961. The van der Waals surface area contributed by atoms with Crippen LogP contribution in [0.15, 0.2) is 47.6 Å². The molecule has 0 aliphatic heterocycles. The van der Waals surface area contributed by atoms with E-state index in [4.69, 9.17) is 0 Å². The van der Waals surface area contributed by atoms with Crippen LogP contribution in [0.1, 0.15) is 12.5 Å². The molecule has 4 heteroatoms. The van der Waals surface area contributed by atoms with Crippen LogP contribution in [0.4, 0.5) is 5.69 Å². The molecule has 1 aromatic carbocycles. The molecule has 0 bridgehead atoms. The number of pyridine rings is 1. The van der Waals surface area contributed by atoms with Crippen LogP contribution in [0.2, 0.25) is 0 Å². The van der Waals surface area contributed by atoms with E-state index in [1.807, 2.05) is 30.0 Å². The van der Waals surface area contributed by atoms with Crippen molar-refractivity contribution in [2.24, 2.45) is 0 Å². The molecule has 0 fully saturated rings. The van der Waals surface area contributed by atoms with E-state index in [-0.39, 0.29) is 0 Å². The molecule has 3 nitrogen and oxygen atoms in total. The van der Waals surface area contributed by atoms with E-state index in [0.29, 0.717) is 0 Å². The Labute approximate surface area is 124 Å². The van der Waals surface area contributed by atoms with Crippen molar-refractivity contribution in [3.63, 3.8) is 0 Å². The number of rotatable bonds is 3. The molecule has 20 heavy (non-hydrogen) atoms. The fourth-order valence-electron chi connectivity index (χ4n) is 2.40. The van der Waals surface area contributed by atoms with Crippen molar-refractivity contribution in [3.05, 3.63) is 48.3 Å². The monoisotopic (exact) mass is 283 g/mol. The van der Waals surface area contributed by atoms with Crippen LogP contribution in [0.3, 0.4) is 0 Å². The van der Waals surface area contributed by atoms with E-state index in [0.717, 1.165) is 28.1 Å². The van der Waals surface area contributed by atoms with Gasteiger partial charge in [-0.3, -0.25) is 0 Å². The molecule has 0 saturated heterocycles. The summed E-state index contributed by atoms with van der Waals surface area (Å²) in [7, 11) is 1.91. The first-order chi connectivity index (χ1) is 9.72. The van der Waals surface area contributed by atoms with E-state index in [1.54, 1.807) is 0 Å². The van der Waals surface area contributed by atoms with Crippen LogP contribution >= 0.6 is 12.6 Å². The summed E-state index contributed by atoms with van der Waals surface area (Å²) in [6, 6.07) is 10.5. The quantitative estimate of drug-likeness (QED) is 0.714. The molecule has 3 aromatic rings. The molecule has 1 N–H and O–H groups in total. The normalized spacial score (nSPS) is 10.9. The molecule has 0 spiro atoms. The van der Waals surface area contributed by atoms with Crippen LogP contribution in [0.25, 0.3) is 16.6 Å². The minimum absolute atomic E-state index is 0.971. The molecular weight excluding hydrogens is 266 g/mol. The summed E-state index contributed by atoms with van der Waals surface area (Å²) in [6.07, 6.45) is 4.92. The number of thiol groups is 1. The van der Waals surface area contributed by atoms with Crippen molar-refractivity contribution in [1.82, 2.24) is 9.61 Å². The van der Waals surface area contributed by atoms with Crippen LogP contribution in [-0.2, 0) is 6.42 Å². The minimum atomic E-state index is 0.971. The number of hydrogen-bond acceptors (Lipinski definition) is 3. The van der Waals surface area contributed by atoms with Gasteiger partial charge in [0, 0.05) is 23.8 Å². The van der Waals surface area contributed by atoms with Crippen LogP contribution in [0, 0.1) is 0 Å². The van der Waals surface area contributed by atoms with Crippen molar-refractivity contribution < 1.29 is 0 Å². The average Bonchev–Trinajstić information content (AvgIpc) is 2.89. The second kappa shape index (κ2) is 5.21. The third kappa shape index (κ3) is 2.16. The molecule has 102 valence electrons. The minimum Gasteiger partial charge on any atom is -0.388 e. The van der Waals surface area contributed by atoms with Gasteiger partial charge in [-0.1, -0.05) is 13.0 Å². The van der Waals surface area contributed by atoms with E-state index in [9.17, 15) is 0 Å². The number of anilines is 1. The van der Waals surface area contributed by atoms with Crippen molar-refractivity contribution >= 4 is 23.8 Å². The maximum Gasteiger partial charge on any atom is 0.0699 e. The molecule has 0 saturated carbocycles. The number of aromatic nitrogens is 2. The standard InChI is InChI=1S/C16H17N3S/c1-3-11-10-18-19-7-6-12(8-15(11)19)14-5-4-13(17-2)9-16(14)20/h4-10,17,20H,3H2,1-2H3. The Balaban J connectivity index is 2.14. The first-order valence-corrected chi connectivity index (χ1v) is 7.15. The Morgan fingerprint density at radius 3 is 2.80 bits per heavy atom. The fraction of sp³-hybridized carbons (Fsp3) is 0.188. The Morgan fingerprint density at radius 1 is 1.25 bits per heavy atom. The zero-order valence-corrected chi connectivity index (χ0v) is 12.5. The molecule has 0 amide bonds. The van der Waals surface area contributed by atoms with Gasteiger partial charge in [0.15, 0.2) is 0 Å². The Kier molecular flexibility index (Phi) is 3.40.